The van der Waals surface area contributed by atoms with Crippen LogP contribution in [-0.2, 0) is 0 Å². The van der Waals surface area contributed by atoms with Crippen molar-refractivity contribution < 1.29 is 0 Å². The van der Waals surface area contributed by atoms with E-state index in [4.69, 9.17) is 0 Å². The van der Waals surface area contributed by atoms with Gasteiger partial charge in [0.1, 0.15) is 11.6 Å². The number of hydrogen-bond acceptors (Lipinski definition) is 3. The molecular weight excluding hydrogens is 288 g/mol. The van der Waals surface area contributed by atoms with Gasteiger partial charge in [0, 0.05) is 17.3 Å². The molecule has 3 aromatic rings. The Kier molecular flexibility index (Phi) is 3.53. The molecule has 0 atom stereocenters. The number of nitrogens with zero attached hydrogens (tertiary/aromatic N) is 3. The molecule has 0 saturated carbocycles. The molecule has 3 rings (SSSR count). The molecule has 116 valence electrons. The van der Waals surface area contributed by atoms with Crippen molar-refractivity contribution in [3.63, 3.8) is 0 Å². The van der Waals surface area contributed by atoms with E-state index in [0.29, 0.717) is 22.5 Å². The Bertz CT molecular complexity index is 982. The van der Waals surface area contributed by atoms with Gasteiger partial charge in [-0.25, -0.2) is 9.50 Å². The van der Waals surface area contributed by atoms with E-state index in [-0.39, 0.29) is 11.5 Å². The van der Waals surface area contributed by atoms with E-state index in [2.05, 4.69) is 22.2 Å². The van der Waals surface area contributed by atoms with E-state index in [1.807, 2.05) is 39.8 Å². The number of nitrogens with one attached hydrogen (secondary N) is 1. The van der Waals surface area contributed by atoms with Gasteiger partial charge < -0.3 is 0 Å². The van der Waals surface area contributed by atoms with Crippen molar-refractivity contribution in [3.05, 3.63) is 57.0 Å². The van der Waals surface area contributed by atoms with Crippen LogP contribution in [0.2, 0.25) is 0 Å². The zero-order valence-corrected chi connectivity index (χ0v) is 13.6. The van der Waals surface area contributed by atoms with Gasteiger partial charge in [-0.3, -0.25) is 9.89 Å². The zero-order chi connectivity index (χ0) is 16.7. The molecule has 0 amide bonds. The van der Waals surface area contributed by atoms with E-state index in [1.165, 1.54) is 10.7 Å². The molecule has 0 unspecified atom stereocenters. The Balaban J connectivity index is 2.45. The summed E-state index contributed by atoms with van der Waals surface area (Å²) in [5.41, 5.74) is 5.04. The minimum atomic E-state index is -0.152. The topological polar surface area (TPSA) is 73.9 Å². The minimum Gasteiger partial charge on any atom is -0.295 e. The standard InChI is InChI=1S/C18H18N4O/c1-10(2)15-16(13-6-11(3)5-12(4)7-13)21-17-14(8-19)9-20-22(17)18(15)23/h5-7,9-10,20H,1-4H3. The van der Waals surface area contributed by atoms with Crippen LogP contribution in [0.5, 0.6) is 0 Å². The molecule has 1 aromatic carbocycles. The van der Waals surface area contributed by atoms with Gasteiger partial charge in [0.25, 0.3) is 5.56 Å². The number of fused-ring (bicyclic) bond motifs is 1. The van der Waals surface area contributed by atoms with Gasteiger partial charge in [-0.05, 0) is 31.9 Å². The largest absolute Gasteiger partial charge is 0.295 e. The molecule has 5 nitrogen and oxygen atoms in total. The summed E-state index contributed by atoms with van der Waals surface area (Å²) in [4.78, 5) is 17.5. The van der Waals surface area contributed by atoms with Gasteiger partial charge in [-0.1, -0.05) is 31.0 Å². The van der Waals surface area contributed by atoms with Crippen LogP contribution in [0.15, 0.2) is 29.2 Å². The Morgan fingerprint density at radius 3 is 2.43 bits per heavy atom. The first-order chi connectivity index (χ1) is 10.9. The molecule has 0 bridgehead atoms. The fourth-order valence-electron chi connectivity index (χ4n) is 2.96. The second kappa shape index (κ2) is 5.40. The third-order valence-electron chi connectivity index (χ3n) is 3.89. The molecule has 0 aliphatic rings. The fourth-order valence-corrected chi connectivity index (χ4v) is 2.96. The van der Waals surface area contributed by atoms with Crippen LogP contribution in [0.25, 0.3) is 16.9 Å². The smallest absolute Gasteiger partial charge is 0.276 e. The Hall–Kier alpha value is -2.87. The highest BCUT2D eigenvalue weighted by Gasteiger charge is 2.20. The molecule has 1 N–H and O–H groups in total. The van der Waals surface area contributed by atoms with Crippen molar-refractivity contribution in [2.75, 3.05) is 0 Å². The van der Waals surface area contributed by atoms with Crippen LogP contribution in [0.1, 0.15) is 42.0 Å². The van der Waals surface area contributed by atoms with Gasteiger partial charge in [-0.15, -0.1) is 0 Å². The second-order valence-corrected chi connectivity index (χ2v) is 6.17. The third kappa shape index (κ3) is 2.42. The number of H-pyrrole nitrogens is 1. The number of aryl methyl sites for hydroxylation is 2. The van der Waals surface area contributed by atoms with Gasteiger partial charge in [0.05, 0.1) is 5.69 Å². The van der Waals surface area contributed by atoms with Gasteiger partial charge in [-0.2, -0.15) is 5.26 Å². The van der Waals surface area contributed by atoms with Crippen LogP contribution < -0.4 is 5.56 Å². The van der Waals surface area contributed by atoms with Crippen LogP contribution in [-0.4, -0.2) is 14.6 Å². The SMILES string of the molecule is Cc1cc(C)cc(-c2nc3c(C#N)c[nH]n3c(=O)c2C(C)C)c1. The maximum absolute atomic E-state index is 12.8. The highest BCUT2D eigenvalue weighted by Crippen LogP contribution is 2.27. The van der Waals surface area contributed by atoms with Crippen LogP contribution in [0.4, 0.5) is 0 Å². The normalized spacial score (nSPS) is 11.1. The van der Waals surface area contributed by atoms with Crippen molar-refractivity contribution >= 4 is 5.65 Å². The fraction of sp³-hybridized carbons (Fsp3) is 0.278. The molecule has 5 heteroatoms. The van der Waals surface area contributed by atoms with Crippen LogP contribution in [0.3, 0.4) is 0 Å². The summed E-state index contributed by atoms with van der Waals surface area (Å²) >= 11 is 0. The zero-order valence-electron chi connectivity index (χ0n) is 13.6. The van der Waals surface area contributed by atoms with E-state index in [9.17, 15) is 10.1 Å². The summed E-state index contributed by atoms with van der Waals surface area (Å²) in [6.45, 7) is 8.00. The quantitative estimate of drug-likeness (QED) is 0.789. The number of nitriles is 1. The maximum atomic E-state index is 12.8. The summed E-state index contributed by atoms with van der Waals surface area (Å²) in [5.74, 6) is 0.0246. The monoisotopic (exact) mass is 306 g/mol. The number of hydrogen-bond donors (Lipinski definition) is 1. The van der Waals surface area contributed by atoms with Crippen molar-refractivity contribution in [1.82, 2.24) is 14.6 Å². The highest BCUT2D eigenvalue weighted by molar-refractivity contribution is 5.69. The molecule has 2 heterocycles. The molecule has 2 aromatic heterocycles. The Morgan fingerprint density at radius 2 is 1.87 bits per heavy atom. The number of aromatic amines is 1. The molecule has 0 aliphatic carbocycles. The lowest BCUT2D eigenvalue weighted by molar-refractivity contribution is 0.797. The summed E-state index contributed by atoms with van der Waals surface area (Å²) < 4.78 is 1.35. The first-order valence-electron chi connectivity index (χ1n) is 7.55. The highest BCUT2D eigenvalue weighted by atomic mass is 16.1. The van der Waals surface area contributed by atoms with Gasteiger partial charge in [0.15, 0.2) is 5.65 Å². The predicted molar refractivity (Wildman–Crippen MR) is 89.5 cm³/mol. The van der Waals surface area contributed by atoms with Crippen molar-refractivity contribution in [2.45, 2.75) is 33.6 Å². The molecule has 0 fully saturated rings. The lowest BCUT2D eigenvalue weighted by Gasteiger charge is -2.13. The van der Waals surface area contributed by atoms with E-state index < -0.39 is 0 Å². The summed E-state index contributed by atoms with van der Waals surface area (Å²) in [7, 11) is 0. The predicted octanol–water partition coefficient (Wildman–Crippen LogP) is 3.30. The number of aromatic nitrogens is 3. The Labute approximate surface area is 134 Å². The molecular formula is C18H18N4O. The molecule has 0 spiro atoms. The number of benzene rings is 1. The molecule has 23 heavy (non-hydrogen) atoms. The molecule has 0 radical (unpaired) electrons. The maximum Gasteiger partial charge on any atom is 0.276 e. The average molecular weight is 306 g/mol. The lowest BCUT2D eigenvalue weighted by atomic mass is 9.96. The lowest BCUT2D eigenvalue weighted by Crippen LogP contribution is -2.22. The summed E-state index contributed by atoms with van der Waals surface area (Å²) in [6.07, 6.45) is 1.51. The summed E-state index contributed by atoms with van der Waals surface area (Å²) in [5, 5.41) is 12.0. The Morgan fingerprint density at radius 1 is 1.22 bits per heavy atom. The minimum absolute atomic E-state index is 0.0246. The van der Waals surface area contributed by atoms with E-state index in [1.54, 1.807) is 0 Å². The van der Waals surface area contributed by atoms with E-state index in [0.717, 1.165) is 16.7 Å². The van der Waals surface area contributed by atoms with Gasteiger partial charge in [0.2, 0.25) is 0 Å². The molecule has 0 aliphatic heterocycles. The molecule has 0 saturated heterocycles. The average Bonchev–Trinajstić information content (AvgIpc) is 2.88. The van der Waals surface area contributed by atoms with Crippen molar-refractivity contribution in [1.29, 1.82) is 5.26 Å². The first kappa shape index (κ1) is 15.0. The van der Waals surface area contributed by atoms with Crippen LogP contribution >= 0.6 is 0 Å². The first-order valence-corrected chi connectivity index (χ1v) is 7.55. The van der Waals surface area contributed by atoms with Crippen LogP contribution in [0, 0.1) is 25.2 Å². The third-order valence-corrected chi connectivity index (χ3v) is 3.89. The van der Waals surface area contributed by atoms with Crippen molar-refractivity contribution in [3.8, 4) is 17.3 Å². The van der Waals surface area contributed by atoms with E-state index >= 15 is 0 Å². The van der Waals surface area contributed by atoms with Gasteiger partial charge >= 0.3 is 0 Å². The summed E-state index contributed by atoms with van der Waals surface area (Å²) in [6, 6.07) is 8.21. The van der Waals surface area contributed by atoms with Crippen molar-refractivity contribution in [2.24, 2.45) is 0 Å². The number of rotatable bonds is 2. The second-order valence-electron chi connectivity index (χ2n) is 6.17.